The molecule has 1 rings (SSSR count). The zero-order valence-electron chi connectivity index (χ0n) is 14.7. The minimum atomic E-state index is -4.39. The second kappa shape index (κ2) is 11.3. The summed E-state index contributed by atoms with van der Waals surface area (Å²) in [4.78, 5) is 4.43. The van der Waals surface area contributed by atoms with Crippen molar-refractivity contribution in [2.24, 2.45) is 4.99 Å². The Morgan fingerprint density at radius 1 is 1.24 bits per heavy atom. The molecule has 0 aliphatic carbocycles. The van der Waals surface area contributed by atoms with E-state index in [0.29, 0.717) is 12.5 Å². The molecule has 0 atom stereocenters. The smallest absolute Gasteiger partial charge is 0.422 e. The van der Waals surface area contributed by atoms with Crippen molar-refractivity contribution in [1.82, 2.24) is 10.6 Å². The first-order chi connectivity index (χ1) is 11.2. The number of nitrogens with one attached hydrogen (secondary N) is 2. The van der Waals surface area contributed by atoms with E-state index >= 15 is 0 Å². The maximum Gasteiger partial charge on any atom is 0.422 e. The van der Waals surface area contributed by atoms with Gasteiger partial charge in [-0.1, -0.05) is 6.07 Å². The van der Waals surface area contributed by atoms with Crippen LogP contribution in [0, 0.1) is 0 Å². The van der Waals surface area contributed by atoms with Crippen LogP contribution < -0.4 is 20.1 Å². The second-order valence-corrected chi connectivity index (χ2v) is 5.38. The number of aliphatic imine (C=N–C) groups is 1. The van der Waals surface area contributed by atoms with E-state index in [1.165, 1.54) is 13.2 Å². The summed E-state index contributed by atoms with van der Waals surface area (Å²) < 4.78 is 46.6. The van der Waals surface area contributed by atoms with E-state index in [-0.39, 0.29) is 41.5 Å². The Morgan fingerprint density at radius 2 is 1.92 bits per heavy atom. The Morgan fingerprint density at radius 3 is 2.44 bits per heavy atom. The van der Waals surface area contributed by atoms with Crippen molar-refractivity contribution >= 4 is 29.9 Å². The van der Waals surface area contributed by atoms with Crippen LogP contribution in [0.15, 0.2) is 23.2 Å². The van der Waals surface area contributed by atoms with Gasteiger partial charge in [0.05, 0.1) is 13.7 Å². The van der Waals surface area contributed by atoms with E-state index < -0.39 is 12.8 Å². The van der Waals surface area contributed by atoms with E-state index in [4.69, 9.17) is 9.47 Å². The molecule has 1 aromatic rings. The van der Waals surface area contributed by atoms with Crippen LogP contribution in [0.4, 0.5) is 13.2 Å². The van der Waals surface area contributed by atoms with Crippen molar-refractivity contribution in [1.29, 1.82) is 0 Å². The molecule has 25 heavy (non-hydrogen) atoms. The summed E-state index contributed by atoms with van der Waals surface area (Å²) in [6.07, 6.45) is -4.39. The fourth-order valence-electron chi connectivity index (χ4n) is 1.85. The van der Waals surface area contributed by atoms with Gasteiger partial charge >= 0.3 is 6.18 Å². The van der Waals surface area contributed by atoms with Gasteiger partial charge in [0.2, 0.25) is 0 Å². The number of alkyl halides is 3. The van der Waals surface area contributed by atoms with Gasteiger partial charge in [-0.15, -0.1) is 24.0 Å². The molecule has 144 valence electrons. The third-order valence-corrected chi connectivity index (χ3v) is 2.81. The third kappa shape index (κ3) is 9.61. The SMILES string of the molecule is CCNC(=NCc1ccc(OCC(F)(F)F)c(OC)c1)NC(C)C.I. The molecule has 0 aromatic heterocycles. The minimum absolute atomic E-state index is 0. The zero-order valence-corrected chi connectivity index (χ0v) is 17.1. The Balaban J connectivity index is 0.00000576. The van der Waals surface area contributed by atoms with Gasteiger partial charge in [-0.05, 0) is 38.5 Å². The van der Waals surface area contributed by atoms with Crippen LogP contribution in [0.5, 0.6) is 11.5 Å². The summed E-state index contributed by atoms with van der Waals surface area (Å²) in [5, 5.41) is 6.30. The number of ether oxygens (including phenoxy) is 2. The van der Waals surface area contributed by atoms with Crippen molar-refractivity contribution in [3.05, 3.63) is 23.8 Å². The lowest BCUT2D eigenvalue weighted by Crippen LogP contribution is -2.40. The summed E-state index contributed by atoms with van der Waals surface area (Å²) in [6.45, 7) is 5.70. The monoisotopic (exact) mass is 475 g/mol. The summed E-state index contributed by atoms with van der Waals surface area (Å²) in [5.41, 5.74) is 0.798. The van der Waals surface area contributed by atoms with Gasteiger partial charge in [-0.3, -0.25) is 0 Å². The van der Waals surface area contributed by atoms with E-state index in [2.05, 4.69) is 15.6 Å². The molecule has 0 radical (unpaired) electrons. The average Bonchev–Trinajstić information content (AvgIpc) is 2.49. The molecule has 0 aliphatic rings. The van der Waals surface area contributed by atoms with Crippen LogP contribution in [0.1, 0.15) is 26.3 Å². The van der Waals surface area contributed by atoms with Crippen molar-refractivity contribution < 1.29 is 22.6 Å². The summed E-state index contributed by atoms with van der Waals surface area (Å²) >= 11 is 0. The first-order valence-electron chi connectivity index (χ1n) is 7.66. The number of halogens is 4. The Hall–Kier alpha value is -1.39. The summed E-state index contributed by atoms with van der Waals surface area (Å²) in [5.74, 6) is 0.965. The molecule has 0 aliphatic heterocycles. The lowest BCUT2D eigenvalue weighted by atomic mass is 10.2. The molecule has 2 N–H and O–H groups in total. The topological polar surface area (TPSA) is 54.9 Å². The number of guanidine groups is 1. The molecule has 0 amide bonds. The maximum atomic E-state index is 12.2. The van der Waals surface area contributed by atoms with Crippen LogP contribution >= 0.6 is 24.0 Å². The number of rotatable bonds is 7. The highest BCUT2D eigenvalue weighted by molar-refractivity contribution is 14.0. The molecule has 0 bridgehead atoms. The van der Waals surface area contributed by atoms with E-state index in [9.17, 15) is 13.2 Å². The molecule has 0 fully saturated rings. The average molecular weight is 475 g/mol. The predicted molar refractivity (Wildman–Crippen MR) is 103 cm³/mol. The first-order valence-corrected chi connectivity index (χ1v) is 7.66. The Bertz CT molecular complexity index is 552. The third-order valence-electron chi connectivity index (χ3n) is 2.81. The van der Waals surface area contributed by atoms with Gasteiger partial charge < -0.3 is 20.1 Å². The van der Waals surface area contributed by atoms with Crippen molar-refractivity contribution in [3.8, 4) is 11.5 Å². The van der Waals surface area contributed by atoms with E-state index in [1.54, 1.807) is 12.1 Å². The maximum absolute atomic E-state index is 12.2. The highest BCUT2D eigenvalue weighted by atomic mass is 127. The zero-order chi connectivity index (χ0) is 18.2. The highest BCUT2D eigenvalue weighted by Crippen LogP contribution is 2.30. The van der Waals surface area contributed by atoms with Gasteiger partial charge in [-0.25, -0.2) is 4.99 Å². The quantitative estimate of drug-likeness (QED) is 0.359. The molecular weight excluding hydrogens is 450 g/mol. The van der Waals surface area contributed by atoms with Crippen LogP contribution in [-0.2, 0) is 6.54 Å². The largest absolute Gasteiger partial charge is 0.493 e. The first kappa shape index (κ1) is 23.6. The standard InChI is InChI=1S/C16H24F3N3O2.HI/c1-5-20-15(22-11(2)3)21-9-12-6-7-13(14(8-12)23-4)24-10-16(17,18)19;/h6-8,11H,5,9-10H2,1-4H3,(H2,20,21,22);1H. The molecule has 0 saturated heterocycles. The minimum Gasteiger partial charge on any atom is -0.493 e. The fraction of sp³-hybridized carbons (Fsp3) is 0.562. The molecule has 1 aromatic carbocycles. The van der Waals surface area contributed by atoms with Gasteiger partial charge in [0, 0.05) is 12.6 Å². The van der Waals surface area contributed by atoms with Crippen molar-refractivity contribution in [2.75, 3.05) is 20.3 Å². The van der Waals surface area contributed by atoms with Crippen LogP contribution in [0.25, 0.3) is 0 Å². The molecule has 0 unspecified atom stereocenters. The lowest BCUT2D eigenvalue weighted by molar-refractivity contribution is -0.153. The number of hydrogen-bond donors (Lipinski definition) is 2. The summed E-state index contributed by atoms with van der Waals surface area (Å²) in [6, 6.07) is 4.97. The number of hydrogen-bond acceptors (Lipinski definition) is 3. The van der Waals surface area contributed by atoms with Crippen LogP contribution in [-0.4, -0.2) is 38.4 Å². The molecule has 0 saturated carbocycles. The summed E-state index contributed by atoms with van der Waals surface area (Å²) in [7, 11) is 1.38. The Kier molecular flexibility index (Phi) is 10.6. The Labute approximate surface area is 163 Å². The molecule has 0 spiro atoms. The van der Waals surface area contributed by atoms with Crippen molar-refractivity contribution in [3.63, 3.8) is 0 Å². The number of methoxy groups -OCH3 is 1. The molecule has 5 nitrogen and oxygen atoms in total. The molecule has 0 heterocycles. The second-order valence-electron chi connectivity index (χ2n) is 5.38. The lowest BCUT2D eigenvalue weighted by Gasteiger charge is -2.15. The van der Waals surface area contributed by atoms with E-state index in [0.717, 1.165) is 12.1 Å². The fourth-order valence-corrected chi connectivity index (χ4v) is 1.85. The van der Waals surface area contributed by atoms with E-state index in [1.807, 2.05) is 20.8 Å². The van der Waals surface area contributed by atoms with Crippen LogP contribution in [0.2, 0.25) is 0 Å². The number of benzene rings is 1. The van der Waals surface area contributed by atoms with Gasteiger partial charge in [-0.2, -0.15) is 13.2 Å². The highest BCUT2D eigenvalue weighted by Gasteiger charge is 2.29. The molecule has 9 heteroatoms. The molecular formula is C16H25F3IN3O2. The van der Waals surface area contributed by atoms with Crippen molar-refractivity contribution in [2.45, 2.75) is 39.5 Å². The predicted octanol–water partition coefficient (Wildman–Crippen LogP) is 3.72. The normalized spacial score (nSPS) is 11.8. The number of nitrogens with zero attached hydrogens (tertiary/aromatic N) is 1. The van der Waals surface area contributed by atoms with Gasteiger partial charge in [0.15, 0.2) is 24.1 Å². The van der Waals surface area contributed by atoms with Gasteiger partial charge in [0.1, 0.15) is 0 Å². The van der Waals surface area contributed by atoms with Gasteiger partial charge in [0.25, 0.3) is 0 Å². The van der Waals surface area contributed by atoms with Crippen LogP contribution in [0.3, 0.4) is 0 Å².